The molecular weight excluding hydrogens is 986 g/mol. The number of rotatable bonds is 17. The number of esters is 1. The van der Waals surface area contributed by atoms with Crippen LogP contribution >= 0.6 is 0 Å². The summed E-state index contributed by atoms with van der Waals surface area (Å²) >= 11 is 0. The van der Waals surface area contributed by atoms with Crippen molar-refractivity contribution in [2.24, 2.45) is 17.8 Å². The zero-order chi connectivity index (χ0) is 56.0. The van der Waals surface area contributed by atoms with Crippen molar-refractivity contribution < 1.29 is 72.3 Å². The van der Waals surface area contributed by atoms with Gasteiger partial charge in [0.25, 0.3) is 0 Å². The van der Waals surface area contributed by atoms with Crippen molar-refractivity contribution in [3.05, 3.63) is 65.7 Å². The molecule has 2 aromatic heterocycles. The number of pyridine rings is 1. The van der Waals surface area contributed by atoms with Crippen molar-refractivity contribution in [1.29, 1.82) is 0 Å². The second-order valence-electron chi connectivity index (χ2n) is 22.3. The number of hydrogen-bond donors (Lipinski definition) is 4. The number of aliphatic hydroxyl groups is 4. The monoisotopic (exact) mass is 1070 g/mol. The Morgan fingerprint density at radius 3 is 2.16 bits per heavy atom. The smallest absolute Gasteiger partial charge is 0.311 e. The highest BCUT2D eigenvalue weighted by atomic mass is 19.1. The van der Waals surface area contributed by atoms with Gasteiger partial charge in [-0.1, -0.05) is 56.3 Å². The second-order valence-corrected chi connectivity index (χ2v) is 22.3. The summed E-state index contributed by atoms with van der Waals surface area (Å²) in [6.07, 6.45) is -6.65. The van der Waals surface area contributed by atoms with Crippen molar-refractivity contribution in [2.75, 3.05) is 41.6 Å². The lowest BCUT2D eigenvalue weighted by Gasteiger charge is -2.48. The van der Waals surface area contributed by atoms with E-state index in [0.717, 1.165) is 22.4 Å². The van der Waals surface area contributed by atoms with E-state index in [2.05, 4.69) is 15.3 Å². The molecular formula is C56H86FN5O14. The summed E-state index contributed by atoms with van der Waals surface area (Å²) in [4.78, 5) is 35.0. The van der Waals surface area contributed by atoms with Gasteiger partial charge in [0.05, 0.1) is 53.3 Å². The normalized spacial score (nSPS) is 37.1. The number of ketones is 1. The summed E-state index contributed by atoms with van der Waals surface area (Å²) in [7, 11) is 6.39. The molecule has 4 N–H and O–H groups in total. The standard InChI is InChI=1S/C56H86FN5O14/c1-15-44-56(10,68)50(65)35(6)47(63)31(2)26-54(8,70-13)45(25-43(34(5)52(67)75-44)74-46-27-55(9,71-14)51(66)36(7)73-46)76-53-48(64)41(24-33(4)72-53)61(11)23-22-40-30-62(60-59-40)42(28-57)49(69-12)38-20-18-37(19-21-38)39-17-16-32(3)58-29-39/h16-21,29-31,33-36,41-46,48-51,53,64-66,68H,15,22-28H2,1-14H3/t31-,33-,34-,35+,36+,41+,42-,43+,44-,45-,46+,48-,49-,50-,51+,53+,54-,55-,56-/m1/s1. The van der Waals surface area contributed by atoms with E-state index in [0.29, 0.717) is 25.1 Å². The third-order valence-corrected chi connectivity index (χ3v) is 16.7. The molecule has 0 amide bonds. The van der Waals surface area contributed by atoms with Gasteiger partial charge in [-0.2, -0.15) is 0 Å². The van der Waals surface area contributed by atoms with Gasteiger partial charge in [0.15, 0.2) is 12.6 Å². The van der Waals surface area contributed by atoms with Crippen LogP contribution in [0.3, 0.4) is 0 Å². The first kappa shape index (κ1) is 61.3. The molecule has 0 bridgehead atoms. The van der Waals surface area contributed by atoms with Crippen LogP contribution in [0.5, 0.6) is 0 Å². The highest BCUT2D eigenvalue weighted by molar-refractivity contribution is 5.83. The minimum Gasteiger partial charge on any atom is -0.459 e. The molecule has 3 aromatic rings. The van der Waals surface area contributed by atoms with Crippen LogP contribution in [0.4, 0.5) is 4.39 Å². The lowest BCUT2D eigenvalue weighted by Crippen LogP contribution is -2.60. The van der Waals surface area contributed by atoms with Crippen molar-refractivity contribution in [3.8, 4) is 11.1 Å². The molecule has 19 atom stereocenters. The molecule has 3 fully saturated rings. The lowest BCUT2D eigenvalue weighted by molar-refractivity contribution is -0.309. The Bertz CT molecular complexity index is 2330. The third kappa shape index (κ3) is 13.7. The first-order valence-corrected chi connectivity index (χ1v) is 26.8. The number of methoxy groups -OCH3 is 3. The highest BCUT2D eigenvalue weighted by Crippen LogP contribution is 2.40. The van der Waals surface area contributed by atoms with Gasteiger partial charge in [-0.05, 0) is 92.0 Å². The van der Waals surface area contributed by atoms with Crippen LogP contribution in [0.1, 0.15) is 124 Å². The number of carbonyl (C=O) groups is 2. The van der Waals surface area contributed by atoms with Crippen LogP contribution in [0.15, 0.2) is 48.8 Å². The number of halogens is 1. The molecule has 3 aliphatic rings. The fourth-order valence-electron chi connectivity index (χ4n) is 11.3. The molecule has 0 aliphatic carbocycles. The maximum Gasteiger partial charge on any atom is 0.311 e. The van der Waals surface area contributed by atoms with Crippen molar-refractivity contribution in [2.45, 2.75) is 204 Å². The van der Waals surface area contributed by atoms with E-state index in [-0.39, 0.29) is 31.5 Å². The van der Waals surface area contributed by atoms with Crippen LogP contribution in [0.2, 0.25) is 0 Å². The summed E-state index contributed by atoms with van der Waals surface area (Å²) in [6, 6.07) is 10.4. The van der Waals surface area contributed by atoms with E-state index in [1.165, 1.54) is 39.9 Å². The van der Waals surface area contributed by atoms with E-state index in [4.69, 9.17) is 37.9 Å². The minimum atomic E-state index is -2.01. The molecule has 5 heterocycles. The average Bonchev–Trinajstić information content (AvgIpc) is 3.88. The number of alkyl halides is 1. The largest absolute Gasteiger partial charge is 0.459 e. The molecule has 20 heteroatoms. The van der Waals surface area contributed by atoms with Gasteiger partial charge in [0, 0.05) is 88.7 Å². The van der Waals surface area contributed by atoms with Gasteiger partial charge >= 0.3 is 5.97 Å². The minimum absolute atomic E-state index is 0.0504. The Morgan fingerprint density at radius 2 is 1.55 bits per heavy atom. The quantitative estimate of drug-likeness (QED) is 0.119. The molecule has 426 valence electrons. The van der Waals surface area contributed by atoms with Crippen LogP contribution in [0.25, 0.3) is 11.1 Å². The fraction of sp³-hybridized carbons (Fsp3) is 0.732. The Hall–Kier alpha value is -3.90. The van der Waals surface area contributed by atoms with E-state index < -0.39 is 127 Å². The van der Waals surface area contributed by atoms with E-state index >= 15 is 0 Å². The number of aliphatic hydroxyl groups excluding tert-OH is 3. The van der Waals surface area contributed by atoms with Gasteiger partial charge in [0.2, 0.25) is 0 Å². The summed E-state index contributed by atoms with van der Waals surface area (Å²) in [5.41, 5.74) is -0.180. The zero-order valence-electron chi connectivity index (χ0n) is 47.0. The van der Waals surface area contributed by atoms with Crippen molar-refractivity contribution >= 4 is 11.8 Å². The molecule has 1 aromatic carbocycles. The van der Waals surface area contributed by atoms with E-state index in [9.17, 15) is 34.4 Å². The third-order valence-electron chi connectivity index (χ3n) is 16.7. The number of ether oxygens (including phenoxy) is 8. The van der Waals surface area contributed by atoms with Crippen molar-refractivity contribution in [1.82, 2.24) is 24.9 Å². The van der Waals surface area contributed by atoms with Gasteiger partial charge in [-0.3, -0.25) is 14.6 Å². The molecule has 0 unspecified atom stereocenters. The number of carbonyl (C=O) groups excluding carboxylic acids is 2. The fourth-order valence-corrected chi connectivity index (χ4v) is 11.3. The van der Waals surface area contributed by atoms with Gasteiger partial charge in [-0.25, -0.2) is 9.07 Å². The van der Waals surface area contributed by atoms with Crippen LogP contribution in [-0.2, 0) is 53.9 Å². The Kier molecular flexibility index (Phi) is 20.9. The van der Waals surface area contributed by atoms with E-state index in [1.54, 1.807) is 47.7 Å². The number of nitrogens with zero attached hydrogens (tertiary/aromatic N) is 5. The Balaban J connectivity index is 1.24. The number of cyclic esters (lactones) is 1. The maximum atomic E-state index is 14.9. The maximum absolute atomic E-state index is 14.9. The van der Waals surface area contributed by atoms with Crippen LogP contribution < -0.4 is 0 Å². The predicted octanol–water partition coefficient (Wildman–Crippen LogP) is 5.67. The van der Waals surface area contributed by atoms with Gasteiger partial charge < -0.3 is 63.2 Å². The predicted molar refractivity (Wildman–Crippen MR) is 278 cm³/mol. The van der Waals surface area contributed by atoms with Crippen LogP contribution in [-0.4, -0.2) is 183 Å². The van der Waals surface area contributed by atoms with Gasteiger partial charge in [0.1, 0.15) is 48.5 Å². The SMILES string of the molecule is CC[C@H]1OC(=O)[C@H](C)[C@@H](O[C@H]2C[C@@](C)(OC)[C@@H](O)[C@H](C)O2)C[C@@H](O[C@@H]2O[C@H](C)C[C@H](N(C)CCc3cn([C@H](CF)[C@H](OC)c4ccc(-c5ccc(C)nc5)cc4)nn3)[C@H]2O)[C@](C)(OC)C[C@@H](C)C(=O)[C@H](C)[C@@H](O)[C@]1(C)O. The highest BCUT2D eigenvalue weighted by Gasteiger charge is 2.52. The summed E-state index contributed by atoms with van der Waals surface area (Å²) < 4.78 is 66.7. The molecule has 0 saturated carbocycles. The molecule has 3 saturated heterocycles. The molecule has 6 rings (SSSR count). The summed E-state index contributed by atoms with van der Waals surface area (Å²) in [5, 5.41) is 55.5. The Morgan fingerprint density at radius 1 is 0.882 bits per heavy atom. The topological polar surface area (TPSA) is 236 Å². The molecule has 0 radical (unpaired) electrons. The number of benzene rings is 1. The Labute approximate surface area is 448 Å². The summed E-state index contributed by atoms with van der Waals surface area (Å²) in [6.45, 7) is 16.6. The molecule has 3 aliphatic heterocycles. The number of aryl methyl sites for hydroxylation is 1. The average molecular weight is 1070 g/mol. The van der Waals surface area contributed by atoms with Crippen LogP contribution in [0, 0.1) is 24.7 Å². The first-order valence-electron chi connectivity index (χ1n) is 26.8. The molecule has 19 nitrogen and oxygen atoms in total. The zero-order valence-corrected chi connectivity index (χ0v) is 47.0. The molecule has 76 heavy (non-hydrogen) atoms. The van der Waals surface area contributed by atoms with Gasteiger partial charge in [-0.15, -0.1) is 5.10 Å². The lowest BCUT2D eigenvalue weighted by atomic mass is 9.76. The molecule has 0 spiro atoms. The first-order chi connectivity index (χ1) is 35.8. The second kappa shape index (κ2) is 25.9. The number of likely N-dealkylation sites (N-methyl/N-ethyl adjacent to an activating group) is 1. The van der Waals surface area contributed by atoms with Crippen molar-refractivity contribution in [3.63, 3.8) is 0 Å². The number of hydrogen-bond acceptors (Lipinski definition) is 18. The number of aromatic nitrogens is 4. The summed E-state index contributed by atoms with van der Waals surface area (Å²) in [5.74, 6) is -4.01. The van der Waals surface area contributed by atoms with E-state index in [1.807, 2.05) is 68.4 Å². The number of Topliss-reactive ketones (excluding diaryl/α,β-unsaturated/α-hetero) is 1.